The quantitative estimate of drug-likeness (QED) is 0.610. The Morgan fingerprint density at radius 2 is 1.83 bits per heavy atom. The zero-order chi connectivity index (χ0) is 21.6. The number of amides is 1. The molecule has 0 aliphatic rings. The van der Waals surface area contributed by atoms with Crippen LogP contribution in [-0.4, -0.2) is 40.1 Å². The van der Waals surface area contributed by atoms with Gasteiger partial charge >= 0.3 is 5.97 Å². The Kier molecular flexibility index (Phi) is 7.60. The van der Waals surface area contributed by atoms with Gasteiger partial charge in [0.15, 0.2) is 6.61 Å². The summed E-state index contributed by atoms with van der Waals surface area (Å²) in [6.07, 6.45) is 0. The predicted molar refractivity (Wildman–Crippen MR) is 109 cm³/mol. The van der Waals surface area contributed by atoms with Crippen molar-refractivity contribution in [3.8, 4) is 5.75 Å². The molecule has 0 saturated heterocycles. The Bertz CT molecular complexity index is 995. The van der Waals surface area contributed by atoms with Gasteiger partial charge in [0, 0.05) is 11.1 Å². The number of anilines is 1. The molecule has 0 aliphatic carbocycles. The molecule has 2 rings (SSSR count). The second-order valence-corrected chi connectivity index (χ2v) is 8.23. The molecule has 2 aromatic carbocycles. The summed E-state index contributed by atoms with van der Waals surface area (Å²) >= 11 is 6.02. The molecule has 1 unspecified atom stereocenters. The van der Waals surface area contributed by atoms with Crippen molar-refractivity contribution in [3.05, 3.63) is 53.1 Å². The average Bonchev–Trinajstić information content (AvgIpc) is 2.69. The molecule has 0 fully saturated rings. The highest BCUT2D eigenvalue weighted by molar-refractivity contribution is 7.89. The van der Waals surface area contributed by atoms with Crippen molar-refractivity contribution in [1.29, 1.82) is 0 Å². The van der Waals surface area contributed by atoms with Crippen LogP contribution in [0.4, 0.5) is 5.69 Å². The minimum atomic E-state index is -3.89. The van der Waals surface area contributed by atoms with E-state index in [1.54, 1.807) is 37.3 Å². The Labute approximate surface area is 174 Å². The first-order chi connectivity index (χ1) is 13.6. The molecule has 2 N–H and O–H groups in total. The van der Waals surface area contributed by atoms with Gasteiger partial charge in [-0.1, -0.05) is 29.8 Å². The van der Waals surface area contributed by atoms with Crippen LogP contribution < -0.4 is 14.8 Å². The van der Waals surface area contributed by atoms with Gasteiger partial charge in [-0.3, -0.25) is 9.59 Å². The first-order valence-electron chi connectivity index (χ1n) is 8.52. The molecular formula is C19H21ClN2O6S. The summed E-state index contributed by atoms with van der Waals surface area (Å²) in [5.74, 6) is -1.15. The number of halogens is 1. The highest BCUT2D eigenvalue weighted by Gasteiger charge is 2.23. The summed E-state index contributed by atoms with van der Waals surface area (Å²) in [5.41, 5.74) is 1.09. The number of carbonyl (C=O) groups excluding carboxylic acids is 2. The van der Waals surface area contributed by atoms with Crippen LogP contribution in [0.15, 0.2) is 47.4 Å². The number of benzene rings is 2. The second kappa shape index (κ2) is 9.73. The Morgan fingerprint density at radius 3 is 2.45 bits per heavy atom. The lowest BCUT2D eigenvalue weighted by Crippen LogP contribution is -2.40. The maximum Gasteiger partial charge on any atom is 0.324 e. The minimum absolute atomic E-state index is 0.0163. The molecule has 10 heteroatoms. The van der Waals surface area contributed by atoms with Crippen molar-refractivity contribution in [3.63, 3.8) is 0 Å². The van der Waals surface area contributed by atoms with Crippen LogP contribution in [0, 0.1) is 6.92 Å². The number of carbonyl (C=O) groups is 2. The third-order valence-corrected chi connectivity index (χ3v) is 5.80. The monoisotopic (exact) mass is 440 g/mol. The molecule has 0 aliphatic heterocycles. The van der Waals surface area contributed by atoms with Gasteiger partial charge in [-0.25, -0.2) is 8.42 Å². The fraction of sp³-hybridized carbons (Fsp3) is 0.263. The maximum absolute atomic E-state index is 12.2. The van der Waals surface area contributed by atoms with Crippen molar-refractivity contribution in [2.75, 3.05) is 19.0 Å². The lowest BCUT2D eigenvalue weighted by Gasteiger charge is -2.15. The number of nitrogens with one attached hydrogen (secondary N) is 2. The third-order valence-electron chi connectivity index (χ3n) is 3.84. The number of rotatable bonds is 8. The summed E-state index contributed by atoms with van der Waals surface area (Å²) in [6.45, 7) is 2.49. The summed E-state index contributed by atoms with van der Waals surface area (Å²) in [4.78, 5) is 24.2. The van der Waals surface area contributed by atoms with Gasteiger partial charge < -0.3 is 14.8 Å². The number of sulfonamides is 1. The van der Waals surface area contributed by atoms with Crippen LogP contribution in [0.25, 0.3) is 0 Å². The molecule has 0 spiro atoms. The number of ether oxygens (including phenoxy) is 2. The summed E-state index contributed by atoms with van der Waals surface area (Å²) in [6, 6.07) is 9.59. The van der Waals surface area contributed by atoms with E-state index >= 15 is 0 Å². The maximum atomic E-state index is 12.2. The SMILES string of the molecule is COc1cc(Cl)c(C)cc1NC(=O)COC(=O)C(C)NS(=O)(=O)c1ccccc1. The molecule has 0 radical (unpaired) electrons. The Balaban J connectivity index is 1.93. The lowest BCUT2D eigenvalue weighted by atomic mass is 10.2. The molecule has 0 aromatic heterocycles. The van der Waals surface area contributed by atoms with Crippen LogP contribution in [0.2, 0.25) is 5.02 Å². The van der Waals surface area contributed by atoms with E-state index in [1.165, 1.54) is 26.2 Å². The fourth-order valence-corrected chi connectivity index (χ4v) is 3.69. The Hall–Kier alpha value is -2.62. The number of aryl methyl sites for hydroxylation is 1. The van der Waals surface area contributed by atoms with Gasteiger partial charge in [0.05, 0.1) is 17.7 Å². The smallest absolute Gasteiger partial charge is 0.324 e. The van der Waals surface area contributed by atoms with Gasteiger partial charge in [-0.2, -0.15) is 4.72 Å². The predicted octanol–water partition coefficient (Wildman–Crippen LogP) is 2.51. The second-order valence-electron chi connectivity index (χ2n) is 6.11. The van der Waals surface area contributed by atoms with E-state index < -0.39 is 34.5 Å². The van der Waals surface area contributed by atoms with Crippen molar-refractivity contribution in [1.82, 2.24) is 4.72 Å². The van der Waals surface area contributed by atoms with Crippen LogP contribution in [-0.2, 0) is 24.3 Å². The van der Waals surface area contributed by atoms with Gasteiger partial charge in [0.2, 0.25) is 10.0 Å². The summed E-state index contributed by atoms with van der Waals surface area (Å²) in [7, 11) is -2.46. The van der Waals surface area contributed by atoms with Crippen molar-refractivity contribution < 1.29 is 27.5 Å². The van der Waals surface area contributed by atoms with Crippen molar-refractivity contribution >= 4 is 39.2 Å². The summed E-state index contributed by atoms with van der Waals surface area (Å²) < 4.78 is 36.7. The van der Waals surface area contributed by atoms with E-state index in [0.717, 1.165) is 5.56 Å². The van der Waals surface area contributed by atoms with Gasteiger partial charge in [-0.05, 0) is 37.6 Å². The Morgan fingerprint density at radius 1 is 1.17 bits per heavy atom. The van der Waals surface area contributed by atoms with E-state index in [0.29, 0.717) is 16.5 Å². The highest BCUT2D eigenvalue weighted by Crippen LogP contribution is 2.30. The van der Waals surface area contributed by atoms with E-state index in [-0.39, 0.29) is 4.90 Å². The van der Waals surface area contributed by atoms with E-state index in [4.69, 9.17) is 21.1 Å². The van der Waals surface area contributed by atoms with E-state index in [1.807, 2.05) is 0 Å². The van der Waals surface area contributed by atoms with E-state index in [9.17, 15) is 18.0 Å². The van der Waals surface area contributed by atoms with Crippen LogP contribution in [0.5, 0.6) is 5.75 Å². The molecule has 0 bridgehead atoms. The highest BCUT2D eigenvalue weighted by atomic mass is 35.5. The normalized spacial score (nSPS) is 12.1. The molecule has 8 nitrogen and oxygen atoms in total. The average molecular weight is 441 g/mol. The first-order valence-corrected chi connectivity index (χ1v) is 10.4. The lowest BCUT2D eigenvalue weighted by molar-refractivity contribution is -0.148. The summed E-state index contributed by atoms with van der Waals surface area (Å²) in [5, 5.41) is 3.04. The van der Waals surface area contributed by atoms with Crippen molar-refractivity contribution in [2.45, 2.75) is 24.8 Å². The standard InChI is InChI=1S/C19H21ClN2O6S/c1-12-9-16(17(27-3)10-15(12)20)21-18(23)11-28-19(24)13(2)22-29(25,26)14-7-5-4-6-8-14/h4-10,13,22H,11H2,1-3H3,(H,21,23). The molecule has 1 atom stereocenters. The zero-order valence-corrected chi connectivity index (χ0v) is 17.6. The van der Waals surface area contributed by atoms with E-state index in [2.05, 4.69) is 10.0 Å². The molecule has 1 amide bonds. The number of hydrogen-bond acceptors (Lipinski definition) is 6. The number of hydrogen-bond donors (Lipinski definition) is 2. The fourth-order valence-electron chi connectivity index (χ4n) is 2.33. The number of methoxy groups -OCH3 is 1. The van der Waals surface area contributed by atoms with Gasteiger partial charge in [0.25, 0.3) is 5.91 Å². The molecule has 0 heterocycles. The molecular weight excluding hydrogens is 420 g/mol. The molecule has 2 aromatic rings. The third kappa shape index (κ3) is 6.18. The van der Waals surface area contributed by atoms with Gasteiger partial charge in [0.1, 0.15) is 11.8 Å². The van der Waals surface area contributed by atoms with Crippen LogP contribution in [0.1, 0.15) is 12.5 Å². The molecule has 29 heavy (non-hydrogen) atoms. The van der Waals surface area contributed by atoms with Crippen molar-refractivity contribution in [2.24, 2.45) is 0 Å². The molecule has 0 saturated carbocycles. The van der Waals surface area contributed by atoms with Crippen LogP contribution in [0.3, 0.4) is 0 Å². The molecule has 156 valence electrons. The van der Waals surface area contributed by atoms with Crippen LogP contribution >= 0.6 is 11.6 Å². The first kappa shape index (κ1) is 22.7. The minimum Gasteiger partial charge on any atom is -0.495 e. The largest absolute Gasteiger partial charge is 0.495 e. The zero-order valence-electron chi connectivity index (χ0n) is 16.1. The number of esters is 1. The van der Waals surface area contributed by atoms with Gasteiger partial charge in [-0.15, -0.1) is 0 Å². The topological polar surface area (TPSA) is 111 Å².